The normalized spacial score (nSPS) is 13.2. The van der Waals surface area contributed by atoms with Crippen LogP contribution in [0, 0.1) is 25.2 Å². The number of halogens is 24. The Morgan fingerprint density at radius 1 is 0.265 bits per heavy atom. The molecule has 0 amide bonds. The van der Waals surface area contributed by atoms with E-state index >= 15 is 0 Å². The maximum atomic E-state index is 14.5. The fraction of sp³-hybridized carbons (Fsp3) is 0.143. The van der Waals surface area contributed by atoms with Crippen LogP contribution < -0.4 is 0 Å². The van der Waals surface area contributed by atoms with Gasteiger partial charge in [-0.25, -0.2) is 0 Å². The highest BCUT2D eigenvalue weighted by Crippen LogP contribution is 2.50. The van der Waals surface area contributed by atoms with E-state index in [1.165, 1.54) is 59.4 Å². The number of nitriles is 1. The van der Waals surface area contributed by atoms with Gasteiger partial charge in [0, 0.05) is 38.5 Å². The van der Waals surface area contributed by atoms with E-state index in [0.717, 1.165) is 60.7 Å². The SMILES string of the molecule is Cc1cc(-c2c(-n3c4cc(-c5cc(C(F)(F)F)cc(C(F)(F)F)c5)ccc4c4ccc(-c5cc(C(F)(F)F)cc(C(F)(F)F)c5)cc43)cc(C#N)cc2-n2c3cc(-c4cc(C(F)(F)F)cc(C(F)(F)F)c4)ccc3c3ccc(-c4cc(C(F)(F)F)cc(C(F)(F)F)c4)cc32)cc(C)n1. The van der Waals surface area contributed by atoms with Crippen molar-refractivity contribution in [2.24, 2.45) is 0 Å². The summed E-state index contributed by atoms with van der Waals surface area (Å²) in [5.41, 5.74) is -20.4. The lowest BCUT2D eigenvalue weighted by molar-refractivity contribution is -0.144. The van der Waals surface area contributed by atoms with E-state index in [-0.39, 0.29) is 102 Å². The summed E-state index contributed by atoms with van der Waals surface area (Å²) in [5.74, 6) is 0. The van der Waals surface area contributed by atoms with Crippen molar-refractivity contribution in [2.45, 2.75) is 63.3 Å². The third-order valence-corrected chi connectivity index (χ3v) is 16.3. The highest BCUT2D eigenvalue weighted by atomic mass is 19.4. The van der Waals surface area contributed by atoms with Crippen molar-refractivity contribution in [3.63, 3.8) is 0 Å². The molecular formula is C70H34F24N4. The van der Waals surface area contributed by atoms with E-state index in [1.54, 1.807) is 0 Å². The van der Waals surface area contributed by atoms with Gasteiger partial charge < -0.3 is 9.13 Å². The largest absolute Gasteiger partial charge is 0.416 e. The molecule has 0 aliphatic heterocycles. The van der Waals surface area contributed by atoms with Gasteiger partial charge in [0.15, 0.2) is 0 Å². The summed E-state index contributed by atoms with van der Waals surface area (Å²) in [6, 6.07) is 23.1. The lowest BCUT2D eigenvalue weighted by atomic mass is 9.96. The Labute approximate surface area is 534 Å². The Balaban J connectivity index is 1.28. The number of hydrogen-bond donors (Lipinski definition) is 0. The smallest absolute Gasteiger partial charge is 0.308 e. The Bertz CT molecular complexity index is 4600. The first-order chi connectivity index (χ1) is 45.3. The van der Waals surface area contributed by atoms with E-state index in [2.05, 4.69) is 4.98 Å². The zero-order valence-electron chi connectivity index (χ0n) is 49.0. The summed E-state index contributed by atoms with van der Waals surface area (Å²) < 4.78 is 351. The monoisotopic (exact) mass is 1390 g/mol. The number of nitrogens with zero attached hydrogens (tertiary/aromatic N) is 4. The van der Waals surface area contributed by atoms with Crippen LogP contribution in [0.1, 0.15) is 61.5 Å². The zero-order valence-corrected chi connectivity index (χ0v) is 49.0. The van der Waals surface area contributed by atoms with E-state index < -0.39 is 144 Å². The first-order valence-electron chi connectivity index (χ1n) is 28.2. The van der Waals surface area contributed by atoms with E-state index in [0.29, 0.717) is 48.5 Å². The fourth-order valence-corrected chi connectivity index (χ4v) is 12.1. The number of benzene rings is 9. The first-order valence-corrected chi connectivity index (χ1v) is 28.2. The van der Waals surface area contributed by atoms with Crippen molar-refractivity contribution in [3.05, 3.63) is 231 Å². The van der Waals surface area contributed by atoms with Crippen molar-refractivity contribution in [3.8, 4) is 73.1 Å². The molecule has 0 N–H and O–H groups in total. The number of alkyl halides is 24. The van der Waals surface area contributed by atoms with E-state index in [9.17, 15) is 111 Å². The molecule has 0 fully saturated rings. The maximum Gasteiger partial charge on any atom is 0.416 e. The van der Waals surface area contributed by atoms with Crippen LogP contribution in [0.15, 0.2) is 170 Å². The summed E-state index contributed by atoms with van der Waals surface area (Å²) in [5, 5.41) is 11.2. The zero-order chi connectivity index (χ0) is 71.3. The van der Waals surface area contributed by atoms with Gasteiger partial charge in [0.1, 0.15) is 0 Å². The Morgan fingerprint density at radius 3 is 0.673 bits per heavy atom. The Kier molecular flexibility index (Phi) is 15.7. The quantitative estimate of drug-likeness (QED) is 0.149. The molecule has 0 radical (unpaired) electrons. The molecule has 3 aromatic heterocycles. The Morgan fingerprint density at radius 2 is 0.480 bits per heavy atom. The fourth-order valence-electron chi connectivity index (χ4n) is 12.1. The van der Waals surface area contributed by atoms with Crippen molar-refractivity contribution in [1.29, 1.82) is 5.26 Å². The van der Waals surface area contributed by atoms with Crippen LogP contribution in [0.4, 0.5) is 105 Å². The number of rotatable bonds is 7. The second kappa shape index (κ2) is 22.8. The van der Waals surface area contributed by atoms with Crippen LogP contribution in [-0.4, -0.2) is 14.1 Å². The minimum Gasteiger partial charge on any atom is -0.308 e. The molecule has 12 rings (SSSR count). The molecule has 0 unspecified atom stereocenters. The van der Waals surface area contributed by atoms with Crippen molar-refractivity contribution >= 4 is 43.6 Å². The molecule has 0 atom stereocenters. The molecular weight excluding hydrogens is 1350 g/mol. The Hall–Kier alpha value is -10.5. The first kappa shape index (κ1) is 67.5. The molecule has 28 heteroatoms. The predicted molar refractivity (Wildman–Crippen MR) is 314 cm³/mol. The minimum absolute atomic E-state index is 0.0140. The molecule has 3 heterocycles. The molecule has 0 saturated heterocycles. The molecule has 0 spiro atoms. The number of aromatic nitrogens is 3. The summed E-state index contributed by atoms with van der Waals surface area (Å²) >= 11 is 0. The third kappa shape index (κ3) is 12.7. The van der Waals surface area contributed by atoms with Gasteiger partial charge in [0.2, 0.25) is 0 Å². The highest BCUT2D eigenvalue weighted by Gasteiger charge is 2.42. The van der Waals surface area contributed by atoms with E-state index in [1.807, 2.05) is 6.07 Å². The summed E-state index contributed by atoms with van der Waals surface area (Å²) in [6.45, 7) is 2.95. The van der Waals surface area contributed by atoms with Crippen LogP contribution in [0.3, 0.4) is 0 Å². The maximum absolute atomic E-state index is 14.5. The van der Waals surface area contributed by atoms with Gasteiger partial charge in [0.05, 0.1) is 89.6 Å². The van der Waals surface area contributed by atoms with Gasteiger partial charge in [-0.3, -0.25) is 4.98 Å². The van der Waals surface area contributed by atoms with Crippen molar-refractivity contribution < 1.29 is 105 Å². The standard InChI is InChI=1S/C70H34F24N4/c1-32-11-43(12-33(2)96-32)62-60(97-56-23-35(39-15-44(63(71,72)73)27-45(16-39)64(74,75)76)3-7-52(56)53-8-4-36(24-57(53)97)40-17-46(65(77,78)79)28-47(18-40)66(80,81)82)13-34(31-95)14-61(62)98-58-25-37(41-19-48(67(83,84)85)29-49(20-41)68(86,87)88)5-9-54(58)55-10-6-38(26-59(55)98)42-21-50(69(89,90)91)30-51(22-42)70(92,93)94/h3-30H,1-2H3. The van der Waals surface area contributed by atoms with Crippen LogP contribution in [0.5, 0.6) is 0 Å². The van der Waals surface area contributed by atoms with Gasteiger partial charge in [-0.2, -0.15) is 111 Å². The second-order valence-electron chi connectivity index (χ2n) is 22.9. The molecule has 9 aromatic carbocycles. The van der Waals surface area contributed by atoms with Crippen LogP contribution >= 0.6 is 0 Å². The number of hydrogen-bond acceptors (Lipinski definition) is 2. The molecule has 0 aliphatic rings. The molecule has 502 valence electrons. The highest BCUT2D eigenvalue weighted by molar-refractivity contribution is 6.14. The van der Waals surface area contributed by atoms with Gasteiger partial charge in [-0.05, 0) is 185 Å². The van der Waals surface area contributed by atoms with Gasteiger partial charge in [-0.1, -0.05) is 48.5 Å². The number of fused-ring (bicyclic) bond motifs is 6. The second-order valence-corrected chi connectivity index (χ2v) is 22.9. The third-order valence-electron chi connectivity index (χ3n) is 16.3. The van der Waals surface area contributed by atoms with Gasteiger partial charge >= 0.3 is 49.4 Å². The van der Waals surface area contributed by atoms with Crippen molar-refractivity contribution in [2.75, 3.05) is 0 Å². The molecule has 0 bridgehead atoms. The van der Waals surface area contributed by atoms with Crippen LogP contribution in [-0.2, 0) is 49.4 Å². The molecule has 0 aliphatic carbocycles. The number of pyridine rings is 1. The minimum atomic E-state index is -5.41. The summed E-state index contributed by atoms with van der Waals surface area (Å²) in [7, 11) is 0. The van der Waals surface area contributed by atoms with Crippen LogP contribution in [0.2, 0.25) is 0 Å². The lowest BCUT2D eigenvalue weighted by Crippen LogP contribution is -2.11. The van der Waals surface area contributed by atoms with Gasteiger partial charge in [-0.15, -0.1) is 0 Å². The topological polar surface area (TPSA) is 46.5 Å². The predicted octanol–water partition coefficient (Wildman–Crippen LogP) is 24.2. The van der Waals surface area contributed by atoms with Gasteiger partial charge in [0.25, 0.3) is 0 Å². The van der Waals surface area contributed by atoms with Crippen molar-refractivity contribution in [1.82, 2.24) is 14.1 Å². The molecule has 98 heavy (non-hydrogen) atoms. The average molecular weight is 1390 g/mol. The summed E-state index contributed by atoms with van der Waals surface area (Å²) in [6.07, 6.45) is -43.2. The summed E-state index contributed by atoms with van der Waals surface area (Å²) in [4.78, 5) is 4.45. The van der Waals surface area contributed by atoms with Crippen LogP contribution in [0.25, 0.3) is 111 Å². The average Bonchev–Trinajstić information content (AvgIpc) is 1.54. The molecule has 12 aromatic rings. The lowest BCUT2D eigenvalue weighted by Gasteiger charge is -2.22. The van der Waals surface area contributed by atoms with E-state index in [4.69, 9.17) is 0 Å². The molecule has 4 nitrogen and oxygen atoms in total. The molecule has 0 saturated carbocycles. The number of aryl methyl sites for hydroxylation is 2.